The number of rotatable bonds is 30. The molecule has 0 saturated carbocycles. The van der Waals surface area contributed by atoms with Crippen LogP contribution in [-0.2, 0) is 88.2 Å². The Kier molecular flexibility index (Phi) is 45.0. The van der Waals surface area contributed by atoms with Crippen molar-refractivity contribution in [2.24, 2.45) is 11.8 Å². The molecule has 2 aromatic rings. The molecule has 0 aromatic heterocycles. The summed E-state index contributed by atoms with van der Waals surface area (Å²) in [5.41, 5.74) is 0.0856. The Morgan fingerprint density at radius 3 is 1.30 bits per heavy atom. The normalized spacial score (nSPS) is 18.4. The van der Waals surface area contributed by atoms with Crippen LogP contribution < -0.4 is 0 Å². The van der Waals surface area contributed by atoms with Gasteiger partial charge in [-0.15, -0.1) is 35.0 Å². The number of hydrogen-bond donors (Lipinski definition) is 0. The van der Waals surface area contributed by atoms with Crippen LogP contribution in [0.3, 0.4) is 0 Å². The fraction of sp³-hybridized carbons (Fsp3) is 0.582. The van der Waals surface area contributed by atoms with Crippen molar-refractivity contribution in [3.8, 4) is 0 Å². The zero-order valence-electron chi connectivity index (χ0n) is 72.0. The van der Waals surface area contributed by atoms with E-state index in [9.17, 15) is 109 Å². The molecule has 123 heavy (non-hydrogen) atoms. The summed E-state index contributed by atoms with van der Waals surface area (Å²) in [5.74, 6) is -6.44. The maximum atomic E-state index is 12.7. The summed E-state index contributed by atoms with van der Waals surface area (Å²) in [6.45, 7) is 6.18. The lowest BCUT2D eigenvalue weighted by Crippen LogP contribution is -2.59. The van der Waals surface area contributed by atoms with Gasteiger partial charge in [-0.05, 0) is 82.7 Å². The number of benzene rings is 2. The Hall–Kier alpha value is -10.2. The van der Waals surface area contributed by atoms with Gasteiger partial charge in [0.2, 0.25) is 59.1 Å². The number of unbranched alkanes of at least 4 members (excludes halogenated alkanes) is 7. The number of sulfone groups is 1. The molecule has 0 spiro atoms. The quantitative estimate of drug-likeness (QED) is 0.0352. The van der Waals surface area contributed by atoms with Crippen molar-refractivity contribution in [3.63, 3.8) is 0 Å². The number of imide groups is 14. The van der Waals surface area contributed by atoms with Crippen LogP contribution in [0.25, 0.3) is 0 Å². The Morgan fingerprint density at radius 1 is 0.447 bits per heavy atom. The standard InChI is InChI=1S/C18H16N2O3S.C15H24Cl2N2O4.C13H22N2O3.C12H20N2O5S.C9H15N3O3.C6H7ClN2O3.C6H8N2O3/c1-19-16(21)15(24-14-10-6-3-7-11-14)17(22)20(18(19)23)12-13-8-4-2-5-9-13;1-23-10-6-7-12(17)19-14(21)11-13(20)18(15(19)22)9-5-3-2-4-8-16;1-4-6-7-10(5-2)9-15-12(17)8-11(16)14(3)13(15)18;1-13-10(15)9-11(16)14(12(13)17)7-5-3-4-6-8-20(2,18)19;1-10(2)5-6-7(13)11(3)9(15)12(4)8(6)14;1-8-4(10)3(7)5(11)9(2)6(8)12;1-7-4(9)3-5(10)8(2)6(7)11/h2-11,15H,12H2,1H3;12H,2-11H2,1H3;10H,4-9H2,1-3H3;3-9H2,1-2H3;6H,5H2,1-4H3;3H,1-2H3;3H2,1-2H3. The Balaban J connectivity index is 0.000000376. The zero-order chi connectivity index (χ0) is 93.2. The minimum absolute atomic E-state index is 0.155. The molecule has 9 rings (SSSR count). The number of amides is 28. The van der Waals surface area contributed by atoms with E-state index in [0.29, 0.717) is 70.1 Å². The van der Waals surface area contributed by atoms with Gasteiger partial charge in [-0.1, -0.05) is 119 Å². The second kappa shape index (κ2) is 51.8. The van der Waals surface area contributed by atoms with E-state index >= 15 is 0 Å². The minimum atomic E-state index is -2.93. The van der Waals surface area contributed by atoms with Gasteiger partial charge >= 0.3 is 42.2 Å². The van der Waals surface area contributed by atoms with Crippen molar-refractivity contribution in [1.29, 1.82) is 0 Å². The summed E-state index contributed by atoms with van der Waals surface area (Å²) in [6.07, 6.45) is 11.6. The number of methoxy groups -OCH3 is 1. The highest BCUT2D eigenvalue weighted by Gasteiger charge is 2.47. The SMILES string of the molecule is CCCCC(CC)CN1C(=O)CC(=O)N(C)C1=O.CN(C)CC1C(=O)N(C)C(=O)N(C)C1=O.CN1C(=O)C(Cl)C(=O)N(C)C1=O.CN1C(=O)C(Sc2ccccc2)C(=O)N(Cc2ccccc2)C1=O.CN1C(=O)CC(=O)N(C)C1=O.CN1C(=O)CC(=O)N(CCCCCCS(C)(=O)=O)C1=O.COCCCC(Cl)N1C(=O)CC(=O)N(CCCCCCCl)C1=O. The molecule has 44 heteroatoms. The van der Waals surface area contributed by atoms with E-state index in [1.807, 2.05) is 60.7 Å². The molecule has 7 aliphatic rings. The monoisotopic (exact) mass is 1820 g/mol. The topological polar surface area (TPSA) is 450 Å². The van der Waals surface area contributed by atoms with E-state index in [4.69, 9.17) is 39.5 Å². The van der Waals surface area contributed by atoms with Crippen molar-refractivity contribution in [2.75, 3.05) is 135 Å². The number of thioether (sulfide) groups is 1. The van der Waals surface area contributed by atoms with Gasteiger partial charge in [0.15, 0.2) is 10.6 Å². The summed E-state index contributed by atoms with van der Waals surface area (Å²) < 4.78 is 26.8. The molecule has 0 radical (unpaired) electrons. The Labute approximate surface area is 734 Å². The maximum absolute atomic E-state index is 12.7. The number of carbonyl (C=O) groups excluding carboxylic acids is 21. The predicted molar refractivity (Wildman–Crippen MR) is 449 cm³/mol. The van der Waals surface area contributed by atoms with Crippen LogP contribution >= 0.6 is 46.6 Å². The summed E-state index contributed by atoms with van der Waals surface area (Å²) in [4.78, 5) is 260. The first-order valence-electron chi connectivity index (χ1n) is 39.4. The van der Waals surface area contributed by atoms with Crippen molar-refractivity contribution < 1.29 is 114 Å². The van der Waals surface area contributed by atoms with Crippen LogP contribution in [0.1, 0.15) is 135 Å². The van der Waals surface area contributed by atoms with Gasteiger partial charge in [-0.3, -0.25) is 131 Å². The highest BCUT2D eigenvalue weighted by Crippen LogP contribution is 2.31. The van der Waals surface area contributed by atoms with Crippen LogP contribution in [0.4, 0.5) is 33.6 Å². The van der Waals surface area contributed by atoms with Gasteiger partial charge in [-0.25, -0.2) is 46.9 Å². The molecule has 0 N–H and O–H groups in total. The van der Waals surface area contributed by atoms with Crippen molar-refractivity contribution in [3.05, 3.63) is 66.2 Å². The molecule has 7 saturated heterocycles. The van der Waals surface area contributed by atoms with Crippen LogP contribution in [-0.4, -0.2) is 358 Å². The first-order valence-corrected chi connectivity index (χ1v) is 43.7. The molecule has 0 bridgehead atoms. The lowest BCUT2D eigenvalue weighted by Gasteiger charge is -2.35. The van der Waals surface area contributed by atoms with Crippen molar-refractivity contribution in [2.45, 2.75) is 157 Å². The highest BCUT2D eigenvalue weighted by molar-refractivity contribution is 8.01. The van der Waals surface area contributed by atoms with Gasteiger partial charge in [0.05, 0.1) is 6.54 Å². The summed E-state index contributed by atoms with van der Waals surface area (Å²) in [6, 6.07) is 14.4. The summed E-state index contributed by atoms with van der Waals surface area (Å²) in [7, 11) is 14.4. The molecule has 28 amide bonds. The van der Waals surface area contributed by atoms with Crippen molar-refractivity contribution >= 4 is 181 Å². The number of halogens is 3. The van der Waals surface area contributed by atoms with Crippen LogP contribution in [0.5, 0.6) is 0 Å². The third kappa shape index (κ3) is 31.8. The number of ether oxygens (including phenoxy) is 1. The molecule has 3 atom stereocenters. The fourth-order valence-corrected chi connectivity index (χ4v) is 14.7. The van der Waals surface area contributed by atoms with E-state index < -0.39 is 151 Å². The lowest BCUT2D eigenvalue weighted by atomic mass is 9.98. The predicted octanol–water partition coefficient (Wildman–Crippen LogP) is 6.43. The second-order valence-corrected chi connectivity index (χ2v) is 34.1. The van der Waals surface area contributed by atoms with Gasteiger partial charge in [0.1, 0.15) is 46.9 Å². The fourth-order valence-electron chi connectivity index (χ4n) is 12.0. The number of nitrogens with zero attached hydrogens (tertiary/aromatic N) is 15. The second-order valence-electron chi connectivity index (χ2n) is 29.4. The van der Waals surface area contributed by atoms with Gasteiger partial charge in [-0.2, -0.15) is 0 Å². The van der Waals surface area contributed by atoms with Crippen molar-refractivity contribution in [1.82, 2.24) is 73.5 Å². The molecule has 2 aromatic carbocycles. The molecule has 680 valence electrons. The van der Waals surface area contributed by atoms with Gasteiger partial charge in [0, 0.05) is 126 Å². The molecule has 7 fully saturated rings. The van der Waals surface area contributed by atoms with E-state index in [1.165, 1.54) is 86.3 Å². The van der Waals surface area contributed by atoms with E-state index in [1.54, 1.807) is 26.1 Å². The number of barbiturate groups is 7. The molecule has 7 heterocycles. The first-order chi connectivity index (χ1) is 57.7. The summed E-state index contributed by atoms with van der Waals surface area (Å²) in [5, 5.41) is -2.21. The van der Waals surface area contributed by atoms with E-state index in [0.717, 1.165) is 132 Å². The largest absolute Gasteiger partial charge is 0.385 e. The maximum Gasteiger partial charge on any atom is 0.334 e. The number of hydrogen-bond acceptors (Lipinski definition) is 26. The highest BCUT2D eigenvalue weighted by atomic mass is 35.5. The van der Waals surface area contributed by atoms with Gasteiger partial charge < -0.3 is 9.64 Å². The minimum Gasteiger partial charge on any atom is -0.385 e. The van der Waals surface area contributed by atoms with E-state index in [2.05, 4.69) is 13.8 Å². The molecule has 39 nitrogen and oxygen atoms in total. The zero-order valence-corrected chi connectivity index (χ0v) is 75.9. The Morgan fingerprint density at radius 2 is 0.846 bits per heavy atom. The van der Waals surface area contributed by atoms with Crippen LogP contribution in [0.2, 0.25) is 0 Å². The molecule has 0 aliphatic carbocycles. The molecular formula is C79H112Cl3N15O24S2. The number of carbonyl (C=O) groups is 21. The molecule has 3 unspecified atom stereocenters. The number of urea groups is 7. The molecule has 7 aliphatic heterocycles. The Bertz CT molecular complexity index is 4140. The lowest BCUT2D eigenvalue weighted by molar-refractivity contribution is -0.149. The average molecular weight is 1830 g/mol. The van der Waals surface area contributed by atoms with Crippen LogP contribution in [0.15, 0.2) is 65.6 Å². The average Bonchev–Trinajstić information content (AvgIpc) is 0.770. The smallest absolute Gasteiger partial charge is 0.334 e. The third-order valence-corrected chi connectivity index (χ3v) is 23.0. The number of alkyl halides is 3. The summed E-state index contributed by atoms with van der Waals surface area (Å²) >= 11 is 18.4. The van der Waals surface area contributed by atoms with E-state index in [-0.39, 0.29) is 50.4 Å². The third-order valence-electron chi connectivity index (χ3n) is 19.7. The van der Waals surface area contributed by atoms with Gasteiger partial charge in [0.25, 0.3) is 23.6 Å². The molecular weight excluding hydrogens is 1710 g/mol. The van der Waals surface area contributed by atoms with Crippen LogP contribution in [0, 0.1) is 11.8 Å². The first kappa shape index (κ1) is 107.